The second kappa shape index (κ2) is 5.69. The molecule has 0 aliphatic heterocycles. The number of aldehydes is 1. The smallest absolute Gasteiger partial charge is 0.408 e. The molecule has 1 unspecified atom stereocenters. The summed E-state index contributed by atoms with van der Waals surface area (Å²) in [6.07, 6.45) is -0.438. The Bertz CT molecular complexity index is 482. The number of rotatable bonds is 3. The van der Waals surface area contributed by atoms with Crippen molar-refractivity contribution in [1.29, 1.82) is 0 Å². The highest BCUT2D eigenvalue weighted by Crippen LogP contribution is 2.26. The zero-order valence-corrected chi connectivity index (χ0v) is 10.9. The number of para-hydroxylation sites is 1. The number of phenolic OH excluding ortho intramolecular Hbond substituents is 1. The van der Waals surface area contributed by atoms with Crippen LogP contribution in [-0.4, -0.2) is 23.1 Å². The van der Waals surface area contributed by atoms with E-state index in [4.69, 9.17) is 4.74 Å². The molecule has 0 fully saturated rings. The first-order valence-electron chi connectivity index (χ1n) is 5.67. The largest absolute Gasteiger partial charge is 0.505 e. The summed E-state index contributed by atoms with van der Waals surface area (Å²) in [5.74, 6) is -1.54. The minimum atomic E-state index is -1.18. The van der Waals surface area contributed by atoms with Crippen molar-refractivity contribution >= 4 is 12.4 Å². The third-order valence-electron chi connectivity index (χ3n) is 2.16. The van der Waals surface area contributed by atoms with Crippen molar-refractivity contribution in [1.82, 2.24) is 5.32 Å². The molecule has 6 heteroatoms. The highest BCUT2D eigenvalue weighted by atomic mass is 19.1. The molecule has 1 atom stereocenters. The van der Waals surface area contributed by atoms with Gasteiger partial charge < -0.3 is 20.0 Å². The van der Waals surface area contributed by atoms with Crippen LogP contribution in [0.3, 0.4) is 0 Å². The second-order valence-electron chi connectivity index (χ2n) is 4.94. The van der Waals surface area contributed by atoms with Crippen LogP contribution in [0.25, 0.3) is 0 Å². The van der Waals surface area contributed by atoms with Crippen molar-refractivity contribution in [3.05, 3.63) is 29.6 Å². The lowest BCUT2D eigenvalue weighted by molar-refractivity contribution is -0.109. The Labute approximate surface area is 110 Å². The molecule has 0 saturated heterocycles. The maximum absolute atomic E-state index is 13.2. The van der Waals surface area contributed by atoms with E-state index < -0.39 is 29.3 Å². The summed E-state index contributed by atoms with van der Waals surface area (Å²) in [4.78, 5) is 22.5. The number of carbonyl (C=O) groups excluding carboxylic acids is 2. The average molecular weight is 269 g/mol. The molecule has 19 heavy (non-hydrogen) atoms. The van der Waals surface area contributed by atoms with Crippen molar-refractivity contribution in [2.75, 3.05) is 0 Å². The van der Waals surface area contributed by atoms with Gasteiger partial charge in [0, 0.05) is 5.56 Å². The quantitative estimate of drug-likeness (QED) is 0.825. The number of amides is 1. The average Bonchev–Trinajstić information content (AvgIpc) is 2.27. The Morgan fingerprint density at radius 2 is 2.11 bits per heavy atom. The second-order valence-corrected chi connectivity index (χ2v) is 4.94. The van der Waals surface area contributed by atoms with Gasteiger partial charge in [-0.15, -0.1) is 0 Å². The fraction of sp³-hybridized carbons (Fsp3) is 0.385. The van der Waals surface area contributed by atoms with Crippen molar-refractivity contribution in [3.8, 4) is 5.75 Å². The van der Waals surface area contributed by atoms with Gasteiger partial charge in [0.2, 0.25) is 0 Å². The summed E-state index contributed by atoms with van der Waals surface area (Å²) >= 11 is 0. The van der Waals surface area contributed by atoms with E-state index in [1.54, 1.807) is 20.8 Å². The van der Waals surface area contributed by atoms with Gasteiger partial charge in [-0.3, -0.25) is 0 Å². The molecule has 1 rings (SSSR count). The first-order valence-corrected chi connectivity index (χ1v) is 5.67. The maximum atomic E-state index is 13.2. The Balaban J connectivity index is 2.87. The highest BCUT2D eigenvalue weighted by Gasteiger charge is 2.22. The molecule has 0 radical (unpaired) electrons. The first kappa shape index (κ1) is 14.9. The van der Waals surface area contributed by atoms with Gasteiger partial charge in [-0.25, -0.2) is 9.18 Å². The van der Waals surface area contributed by atoms with E-state index in [9.17, 15) is 19.1 Å². The minimum Gasteiger partial charge on any atom is -0.505 e. The Kier molecular flexibility index (Phi) is 4.47. The molecule has 0 aliphatic rings. The van der Waals surface area contributed by atoms with Gasteiger partial charge in [0.1, 0.15) is 17.9 Å². The number of hydrogen-bond donors (Lipinski definition) is 2. The van der Waals surface area contributed by atoms with Crippen LogP contribution < -0.4 is 5.32 Å². The molecular weight excluding hydrogens is 253 g/mol. The highest BCUT2D eigenvalue weighted by molar-refractivity contribution is 5.75. The molecule has 0 spiro atoms. The van der Waals surface area contributed by atoms with Crippen LogP contribution in [0.4, 0.5) is 9.18 Å². The molecule has 0 aliphatic carbocycles. The number of aromatic hydroxyl groups is 1. The van der Waals surface area contributed by atoms with Gasteiger partial charge in [-0.1, -0.05) is 12.1 Å². The molecule has 104 valence electrons. The summed E-state index contributed by atoms with van der Waals surface area (Å²) in [5.41, 5.74) is -0.748. The number of hydrogen-bond acceptors (Lipinski definition) is 4. The number of nitrogens with one attached hydrogen (secondary N) is 1. The normalized spacial score (nSPS) is 12.6. The number of carbonyl (C=O) groups is 2. The lowest BCUT2D eigenvalue weighted by Gasteiger charge is -2.21. The summed E-state index contributed by atoms with van der Waals surface area (Å²) < 4.78 is 18.2. The van der Waals surface area contributed by atoms with E-state index in [0.29, 0.717) is 6.29 Å². The summed E-state index contributed by atoms with van der Waals surface area (Å²) in [6.45, 7) is 5.01. The zero-order valence-electron chi connectivity index (χ0n) is 10.9. The van der Waals surface area contributed by atoms with Crippen LogP contribution in [0.2, 0.25) is 0 Å². The van der Waals surface area contributed by atoms with E-state index in [-0.39, 0.29) is 5.56 Å². The molecule has 0 saturated carbocycles. The van der Waals surface area contributed by atoms with Gasteiger partial charge in [0.25, 0.3) is 0 Å². The monoisotopic (exact) mass is 269 g/mol. The van der Waals surface area contributed by atoms with Gasteiger partial charge in [-0.05, 0) is 26.8 Å². The van der Waals surface area contributed by atoms with Gasteiger partial charge >= 0.3 is 6.09 Å². The molecular formula is C13H16FNO4. The van der Waals surface area contributed by atoms with Crippen molar-refractivity contribution in [2.24, 2.45) is 0 Å². The first-order chi connectivity index (χ1) is 8.74. The van der Waals surface area contributed by atoms with Crippen LogP contribution in [0.1, 0.15) is 32.4 Å². The van der Waals surface area contributed by atoms with Crippen LogP contribution in [0.15, 0.2) is 18.2 Å². The van der Waals surface area contributed by atoms with Crippen LogP contribution in [-0.2, 0) is 9.53 Å². The molecule has 1 aromatic carbocycles. The number of phenols is 1. The third kappa shape index (κ3) is 4.24. The predicted molar refractivity (Wildman–Crippen MR) is 66.2 cm³/mol. The van der Waals surface area contributed by atoms with Gasteiger partial charge in [0.05, 0.1) is 0 Å². The van der Waals surface area contributed by atoms with E-state index >= 15 is 0 Å². The van der Waals surface area contributed by atoms with E-state index in [1.165, 1.54) is 12.1 Å². The molecule has 1 amide bonds. The van der Waals surface area contributed by atoms with Crippen molar-refractivity contribution in [3.63, 3.8) is 0 Å². The van der Waals surface area contributed by atoms with Crippen molar-refractivity contribution < 1.29 is 23.8 Å². The number of benzene rings is 1. The van der Waals surface area contributed by atoms with E-state index in [2.05, 4.69) is 5.32 Å². The summed E-state index contributed by atoms with van der Waals surface area (Å²) in [5, 5.41) is 11.8. The van der Waals surface area contributed by atoms with Crippen LogP contribution >= 0.6 is 0 Å². The van der Waals surface area contributed by atoms with Crippen LogP contribution in [0.5, 0.6) is 5.75 Å². The summed E-state index contributed by atoms with van der Waals surface area (Å²) in [7, 11) is 0. The van der Waals surface area contributed by atoms with Crippen LogP contribution in [0, 0.1) is 5.82 Å². The maximum Gasteiger partial charge on any atom is 0.408 e. The Morgan fingerprint density at radius 3 is 2.63 bits per heavy atom. The third-order valence-corrected chi connectivity index (χ3v) is 2.16. The Hall–Kier alpha value is -2.11. The molecule has 0 heterocycles. The lowest BCUT2D eigenvalue weighted by Crippen LogP contribution is -2.35. The SMILES string of the molecule is CC(C)(C)OC(=O)NC(C=O)c1cccc(F)c1O. The standard InChI is InChI=1S/C13H16FNO4/c1-13(2,3)19-12(18)15-10(7-16)8-5-4-6-9(14)11(8)17/h4-7,10,17H,1-3H3,(H,15,18). The fourth-order valence-corrected chi connectivity index (χ4v) is 1.40. The number of ether oxygens (including phenoxy) is 1. The minimum absolute atomic E-state index is 0.0270. The van der Waals surface area contributed by atoms with Gasteiger partial charge in [-0.2, -0.15) is 0 Å². The molecule has 0 aromatic heterocycles. The molecule has 0 bridgehead atoms. The Morgan fingerprint density at radius 1 is 1.47 bits per heavy atom. The zero-order chi connectivity index (χ0) is 14.6. The number of halogens is 1. The van der Waals surface area contributed by atoms with E-state index in [0.717, 1.165) is 6.07 Å². The number of alkyl carbamates (subject to hydrolysis) is 1. The summed E-state index contributed by atoms with van der Waals surface area (Å²) in [6, 6.07) is 2.55. The molecule has 5 nitrogen and oxygen atoms in total. The lowest BCUT2D eigenvalue weighted by atomic mass is 10.1. The molecule has 1 aromatic rings. The fourth-order valence-electron chi connectivity index (χ4n) is 1.40. The van der Waals surface area contributed by atoms with Crippen molar-refractivity contribution in [2.45, 2.75) is 32.4 Å². The predicted octanol–water partition coefficient (Wildman–Crippen LogP) is 2.30. The molecule has 2 N–H and O–H groups in total. The van der Waals surface area contributed by atoms with Gasteiger partial charge in [0.15, 0.2) is 11.6 Å². The topological polar surface area (TPSA) is 75.6 Å². The van der Waals surface area contributed by atoms with E-state index in [1.807, 2.05) is 0 Å².